The number of carbonyl (C=O) groups excluding carboxylic acids is 3. The molecule has 0 bridgehead atoms. The van der Waals surface area contributed by atoms with E-state index in [1.807, 2.05) is 19.1 Å². The quantitative estimate of drug-likeness (QED) is 0.511. The summed E-state index contributed by atoms with van der Waals surface area (Å²) in [6, 6.07) is 5.44. The molecule has 1 N–H and O–H groups in total. The van der Waals surface area contributed by atoms with Crippen LogP contribution in [0, 0.1) is 6.92 Å². The van der Waals surface area contributed by atoms with E-state index < -0.39 is 24.5 Å². The predicted octanol–water partition coefficient (Wildman–Crippen LogP) is 1.66. The molecule has 7 heteroatoms. The summed E-state index contributed by atoms with van der Waals surface area (Å²) in [5.74, 6) is -1.17. The minimum atomic E-state index is -0.643. The van der Waals surface area contributed by atoms with Crippen LogP contribution in [0.2, 0.25) is 0 Å². The fraction of sp³-hybridized carbons (Fsp3) is 0.389. The molecule has 25 heavy (non-hydrogen) atoms. The first kappa shape index (κ1) is 17.0. The van der Waals surface area contributed by atoms with Crippen molar-refractivity contribution < 1.29 is 19.1 Å². The van der Waals surface area contributed by atoms with Gasteiger partial charge in [-0.25, -0.2) is 9.69 Å². The average molecular weight is 343 g/mol. The van der Waals surface area contributed by atoms with Gasteiger partial charge in [0.05, 0.1) is 7.11 Å². The summed E-state index contributed by atoms with van der Waals surface area (Å²) in [6.07, 6.45) is 4.06. The number of urea groups is 1. The van der Waals surface area contributed by atoms with Gasteiger partial charge in [0, 0.05) is 18.8 Å². The largest absolute Gasteiger partial charge is 0.468 e. The number of anilines is 1. The molecule has 0 unspecified atom stereocenters. The average Bonchev–Trinajstić information content (AvgIpc) is 3.21. The first-order chi connectivity index (χ1) is 12.0. The van der Waals surface area contributed by atoms with E-state index in [0.29, 0.717) is 0 Å². The molecule has 1 aromatic rings. The number of nitrogens with zero attached hydrogens (tertiary/aromatic N) is 2. The third-order valence-corrected chi connectivity index (χ3v) is 4.50. The van der Waals surface area contributed by atoms with Crippen LogP contribution >= 0.6 is 0 Å². The number of amides is 3. The fourth-order valence-electron chi connectivity index (χ4n) is 3.06. The zero-order valence-electron chi connectivity index (χ0n) is 14.4. The third-order valence-electron chi connectivity index (χ3n) is 4.50. The maximum atomic E-state index is 12.3. The topological polar surface area (TPSA) is 79.0 Å². The number of nitrogens with one attached hydrogen (secondary N) is 1. The van der Waals surface area contributed by atoms with Crippen molar-refractivity contribution in [2.24, 2.45) is 0 Å². The predicted molar refractivity (Wildman–Crippen MR) is 92.9 cm³/mol. The Bertz CT molecular complexity index is 751. The van der Waals surface area contributed by atoms with Crippen molar-refractivity contribution in [3.05, 3.63) is 35.0 Å². The second-order valence-corrected chi connectivity index (χ2v) is 6.19. The normalized spacial score (nSPS) is 18.9. The zero-order chi connectivity index (χ0) is 18.0. The van der Waals surface area contributed by atoms with E-state index in [9.17, 15) is 14.4 Å². The Morgan fingerprint density at radius 2 is 2.00 bits per heavy atom. The van der Waals surface area contributed by atoms with Crippen LogP contribution in [0.5, 0.6) is 0 Å². The highest BCUT2D eigenvalue weighted by atomic mass is 16.5. The van der Waals surface area contributed by atoms with Crippen LogP contribution in [0.25, 0.3) is 6.08 Å². The molecule has 1 aromatic carbocycles. The van der Waals surface area contributed by atoms with Crippen molar-refractivity contribution in [3.63, 3.8) is 0 Å². The lowest BCUT2D eigenvalue weighted by molar-refractivity contribution is -0.143. The van der Waals surface area contributed by atoms with E-state index in [1.165, 1.54) is 25.6 Å². The Balaban J connectivity index is 1.79. The van der Waals surface area contributed by atoms with Crippen LogP contribution in [0.1, 0.15) is 24.0 Å². The highest BCUT2D eigenvalue weighted by molar-refractivity contribution is 6.15. The molecule has 3 rings (SSSR count). The zero-order valence-corrected chi connectivity index (χ0v) is 14.4. The molecule has 0 saturated carbocycles. The summed E-state index contributed by atoms with van der Waals surface area (Å²) in [6.45, 7) is 3.71. The molecule has 0 atom stereocenters. The van der Waals surface area contributed by atoms with Crippen molar-refractivity contribution >= 4 is 29.7 Å². The number of esters is 1. The summed E-state index contributed by atoms with van der Waals surface area (Å²) < 4.78 is 4.51. The summed E-state index contributed by atoms with van der Waals surface area (Å²) >= 11 is 0. The van der Waals surface area contributed by atoms with Gasteiger partial charge >= 0.3 is 12.0 Å². The van der Waals surface area contributed by atoms with E-state index in [-0.39, 0.29) is 5.70 Å². The minimum absolute atomic E-state index is 0.158. The summed E-state index contributed by atoms with van der Waals surface area (Å²) in [7, 11) is 1.21. The van der Waals surface area contributed by atoms with Crippen LogP contribution in [-0.2, 0) is 14.3 Å². The maximum absolute atomic E-state index is 12.3. The molecular formula is C18H21N3O4. The molecular weight excluding hydrogens is 322 g/mol. The lowest BCUT2D eigenvalue weighted by Crippen LogP contribution is -2.36. The van der Waals surface area contributed by atoms with Crippen LogP contribution in [-0.4, -0.2) is 49.6 Å². The van der Waals surface area contributed by atoms with Crippen LogP contribution in [0.4, 0.5) is 10.5 Å². The minimum Gasteiger partial charge on any atom is -0.468 e. The van der Waals surface area contributed by atoms with Gasteiger partial charge in [-0.2, -0.15) is 0 Å². The molecule has 2 fully saturated rings. The van der Waals surface area contributed by atoms with E-state index in [4.69, 9.17) is 0 Å². The van der Waals surface area contributed by atoms with Gasteiger partial charge in [-0.1, -0.05) is 6.07 Å². The summed E-state index contributed by atoms with van der Waals surface area (Å²) in [5.41, 5.74) is 3.20. The standard InChI is InChI=1S/C18H21N3O4/c1-12-9-14(20-7-3-4-8-20)6-5-13(12)10-15-17(23)21(18(24)19-15)11-16(22)25-2/h5-6,9-10H,3-4,7-8,11H2,1-2H3,(H,19,24)/b15-10+. The number of ether oxygens (including phenoxy) is 1. The number of methoxy groups -OCH3 is 1. The van der Waals surface area contributed by atoms with Gasteiger partial charge in [0.1, 0.15) is 12.2 Å². The molecule has 0 spiro atoms. The molecule has 7 nitrogen and oxygen atoms in total. The van der Waals surface area contributed by atoms with Gasteiger partial charge in [0.15, 0.2) is 0 Å². The fourth-order valence-corrected chi connectivity index (χ4v) is 3.06. The van der Waals surface area contributed by atoms with Crippen LogP contribution < -0.4 is 10.2 Å². The van der Waals surface area contributed by atoms with Crippen molar-refractivity contribution in [3.8, 4) is 0 Å². The number of carbonyl (C=O) groups is 3. The first-order valence-corrected chi connectivity index (χ1v) is 8.26. The van der Waals surface area contributed by atoms with Crippen molar-refractivity contribution in [2.75, 3.05) is 31.6 Å². The highest BCUT2D eigenvalue weighted by Crippen LogP contribution is 2.25. The van der Waals surface area contributed by atoms with Gasteiger partial charge in [-0.3, -0.25) is 9.59 Å². The first-order valence-electron chi connectivity index (χ1n) is 8.26. The number of aryl methyl sites for hydroxylation is 1. The SMILES string of the molecule is COC(=O)CN1C(=O)N/C(=C/c2ccc(N3CCCC3)cc2C)C1=O. The number of hydrogen-bond acceptors (Lipinski definition) is 5. The molecule has 0 aromatic heterocycles. The van der Waals surface area contributed by atoms with E-state index >= 15 is 0 Å². The van der Waals surface area contributed by atoms with Gasteiger partial charge in [-0.15, -0.1) is 0 Å². The molecule has 2 saturated heterocycles. The molecule has 132 valence electrons. The Kier molecular flexibility index (Phi) is 4.74. The van der Waals surface area contributed by atoms with E-state index in [1.54, 1.807) is 6.08 Å². The second-order valence-electron chi connectivity index (χ2n) is 6.19. The summed E-state index contributed by atoms with van der Waals surface area (Å²) in [4.78, 5) is 38.7. The monoisotopic (exact) mass is 343 g/mol. The number of benzene rings is 1. The molecule has 0 aliphatic carbocycles. The Morgan fingerprint density at radius 3 is 2.64 bits per heavy atom. The maximum Gasteiger partial charge on any atom is 0.329 e. The van der Waals surface area contributed by atoms with Crippen molar-refractivity contribution in [2.45, 2.75) is 19.8 Å². The van der Waals surface area contributed by atoms with Crippen LogP contribution in [0.15, 0.2) is 23.9 Å². The molecule has 2 aliphatic heterocycles. The number of rotatable bonds is 4. The van der Waals surface area contributed by atoms with Crippen molar-refractivity contribution in [1.82, 2.24) is 10.2 Å². The van der Waals surface area contributed by atoms with E-state index in [0.717, 1.165) is 29.1 Å². The molecule has 0 radical (unpaired) electrons. The number of hydrogen-bond donors (Lipinski definition) is 1. The van der Waals surface area contributed by atoms with Gasteiger partial charge in [0.25, 0.3) is 5.91 Å². The van der Waals surface area contributed by atoms with Gasteiger partial charge in [-0.05, 0) is 49.1 Å². The third kappa shape index (κ3) is 3.50. The van der Waals surface area contributed by atoms with E-state index in [2.05, 4.69) is 21.0 Å². The lowest BCUT2D eigenvalue weighted by atomic mass is 10.1. The Hall–Kier alpha value is -2.83. The molecule has 3 amide bonds. The van der Waals surface area contributed by atoms with Crippen LogP contribution in [0.3, 0.4) is 0 Å². The molecule has 2 aliphatic rings. The van der Waals surface area contributed by atoms with Gasteiger partial charge in [0.2, 0.25) is 0 Å². The summed E-state index contributed by atoms with van der Waals surface area (Å²) in [5, 5.41) is 2.51. The Labute approximate surface area is 146 Å². The smallest absolute Gasteiger partial charge is 0.329 e. The second kappa shape index (κ2) is 6.96. The van der Waals surface area contributed by atoms with Crippen molar-refractivity contribution in [1.29, 1.82) is 0 Å². The highest BCUT2D eigenvalue weighted by Gasteiger charge is 2.35. The lowest BCUT2D eigenvalue weighted by Gasteiger charge is -2.18. The Morgan fingerprint density at radius 1 is 1.28 bits per heavy atom. The molecule has 2 heterocycles. The van der Waals surface area contributed by atoms with Gasteiger partial charge < -0.3 is 15.0 Å². The number of imide groups is 1.